The Bertz CT molecular complexity index is 882. The molecule has 0 spiro atoms. The normalized spacial score (nSPS) is 16.5. The van der Waals surface area contributed by atoms with Crippen molar-refractivity contribution in [3.63, 3.8) is 0 Å². The molecule has 39 heavy (non-hydrogen) atoms. The molecule has 1 saturated heterocycles. The van der Waals surface area contributed by atoms with Crippen LogP contribution in [0.5, 0.6) is 0 Å². The van der Waals surface area contributed by atoms with Crippen molar-refractivity contribution in [3.8, 4) is 0 Å². The Morgan fingerprint density at radius 2 is 1.62 bits per heavy atom. The lowest BCUT2D eigenvalue weighted by molar-refractivity contribution is -0.144. The molecule has 0 saturated carbocycles. The number of ketones is 1. The van der Waals surface area contributed by atoms with Crippen LogP contribution in [-0.4, -0.2) is 76.7 Å². The fourth-order valence-electron chi connectivity index (χ4n) is 3.77. The van der Waals surface area contributed by atoms with E-state index in [9.17, 15) is 24.0 Å². The van der Waals surface area contributed by atoms with Gasteiger partial charge in [-0.2, -0.15) is 0 Å². The highest BCUT2D eigenvalue weighted by atomic mass is 35.5. The Balaban J connectivity index is 0.00000458. The molecule has 4 amide bonds. The van der Waals surface area contributed by atoms with E-state index in [0.717, 1.165) is 0 Å². The largest absolute Gasteiger partial charge is 0.444 e. The van der Waals surface area contributed by atoms with Gasteiger partial charge in [0, 0.05) is 13.1 Å². The second-order valence-electron chi connectivity index (χ2n) is 11.0. The summed E-state index contributed by atoms with van der Waals surface area (Å²) < 4.78 is 5.33. The molecule has 1 aliphatic heterocycles. The van der Waals surface area contributed by atoms with Crippen molar-refractivity contribution in [2.75, 3.05) is 18.4 Å². The molecular formula is C27H44Cl2N4O6. The van der Waals surface area contributed by atoms with Gasteiger partial charge < -0.3 is 25.6 Å². The van der Waals surface area contributed by atoms with E-state index in [2.05, 4.69) is 29.1 Å². The van der Waals surface area contributed by atoms with Gasteiger partial charge >= 0.3 is 6.09 Å². The van der Waals surface area contributed by atoms with E-state index in [1.54, 1.807) is 26.8 Å². The minimum absolute atomic E-state index is 0.121. The Kier molecular flexibility index (Phi) is 16.0. The van der Waals surface area contributed by atoms with Crippen LogP contribution in [0.4, 0.5) is 4.79 Å². The summed E-state index contributed by atoms with van der Waals surface area (Å²) in [5.41, 5.74) is -1.40. The van der Waals surface area contributed by atoms with Gasteiger partial charge in [-0.25, -0.2) is 4.79 Å². The predicted molar refractivity (Wildman–Crippen MR) is 153 cm³/mol. The summed E-state index contributed by atoms with van der Waals surface area (Å²) in [5, 5.41) is 7.94. The summed E-state index contributed by atoms with van der Waals surface area (Å²) in [7, 11) is 0. The molecule has 0 aliphatic carbocycles. The number of rotatable bonds is 11. The molecule has 1 heterocycles. The molecule has 1 rings (SSSR count). The molecule has 3 N–H and O–H groups in total. The third-order valence-corrected chi connectivity index (χ3v) is 5.54. The van der Waals surface area contributed by atoms with Crippen molar-refractivity contribution in [3.05, 3.63) is 25.3 Å². The Morgan fingerprint density at radius 3 is 2.10 bits per heavy atom. The first-order valence-corrected chi connectivity index (χ1v) is 13.9. The Labute approximate surface area is 242 Å². The summed E-state index contributed by atoms with van der Waals surface area (Å²) in [6.07, 6.45) is 3.89. The number of Topliss-reactive ketones (excluding diaryl/α,β-unsaturated/α-hetero) is 1. The molecule has 12 heteroatoms. The van der Waals surface area contributed by atoms with Crippen molar-refractivity contribution >= 4 is 52.8 Å². The average molecular weight is 592 g/mol. The van der Waals surface area contributed by atoms with Gasteiger partial charge in [-0.15, -0.1) is 36.4 Å². The van der Waals surface area contributed by atoms with E-state index in [4.69, 9.17) is 27.9 Å². The number of alkyl carbamates (subject to hydrolysis) is 1. The number of amides is 4. The van der Waals surface area contributed by atoms with Crippen LogP contribution in [-0.2, 0) is 23.9 Å². The zero-order chi connectivity index (χ0) is 30.4. The molecule has 0 aromatic rings. The minimum Gasteiger partial charge on any atom is -0.444 e. The third kappa shape index (κ3) is 13.4. The molecule has 0 aromatic heterocycles. The smallest absolute Gasteiger partial charge is 0.408 e. The number of alkyl halides is 2. The van der Waals surface area contributed by atoms with Crippen LogP contribution in [0.3, 0.4) is 0 Å². The summed E-state index contributed by atoms with van der Waals surface area (Å²) in [4.78, 5) is 65.5. The zero-order valence-corrected chi connectivity index (χ0v) is 25.4. The summed E-state index contributed by atoms with van der Waals surface area (Å²) >= 11 is 9.53. The van der Waals surface area contributed by atoms with E-state index < -0.39 is 58.7 Å². The second kappa shape index (κ2) is 17.2. The number of nitrogens with zero attached hydrogens (tertiary/aromatic N) is 1. The van der Waals surface area contributed by atoms with Crippen molar-refractivity contribution in [2.45, 2.75) is 91.0 Å². The lowest BCUT2D eigenvalue weighted by Crippen LogP contribution is -2.59. The number of halogens is 2. The van der Waals surface area contributed by atoms with Crippen LogP contribution < -0.4 is 16.0 Å². The highest BCUT2D eigenvalue weighted by molar-refractivity contribution is 6.40. The van der Waals surface area contributed by atoms with Crippen molar-refractivity contribution in [1.29, 1.82) is 0 Å². The lowest BCUT2D eigenvalue weighted by atomic mass is 9.85. The monoisotopic (exact) mass is 590 g/mol. The summed E-state index contributed by atoms with van der Waals surface area (Å²) in [6, 6.07) is -2.84. The van der Waals surface area contributed by atoms with Gasteiger partial charge in [-0.05, 0) is 51.9 Å². The molecule has 0 radical (unpaired) electrons. The number of likely N-dealkylation sites (tertiary alicyclic amines) is 1. The number of carbonyl (C=O) groups is 5. The van der Waals surface area contributed by atoms with E-state index in [0.29, 0.717) is 25.8 Å². The highest BCUT2D eigenvalue weighted by Crippen LogP contribution is 2.26. The Morgan fingerprint density at radius 1 is 1.03 bits per heavy atom. The van der Waals surface area contributed by atoms with E-state index in [1.807, 2.05) is 20.8 Å². The molecule has 3 atom stereocenters. The van der Waals surface area contributed by atoms with E-state index >= 15 is 0 Å². The number of nitrogens with one attached hydrogen (secondary N) is 3. The van der Waals surface area contributed by atoms with Gasteiger partial charge in [0.05, 0.1) is 11.4 Å². The first kappa shape index (κ1) is 36.4. The maximum absolute atomic E-state index is 13.5. The maximum atomic E-state index is 13.5. The molecule has 1 unspecified atom stereocenters. The fraction of sp³-hybridized carbons (Fsp3) is 0.667. The number of hydrogen-bond donors (Lipinski definition) is 3. The van der Waals surface area contributed by atoms with Gasteiger partial charge in [0.25, 0.3) is 5.91 Å². The quantitative estimate of drug-likeness (QED) is 0.191. The predicted octanol–water partition coefficient (Wildman–Crippen LogP) is 3.66. The molecule has 1 aliphatic rings. The van der Waals surface area contributed by atoms with Gasteiger partial charge in [-0.3, -0.25) is 19.2 Å². The molecule has 0 aromatic carbocycles. The van der Waals surface area contributed by atoms with Crippen molar-refractivity contribution in [2.24, 2.45) is 5.41 Å². The highest BCUT2D eigenvalue weighted by Gasteiger charge is 2.43. The Hall–Kier alpha value is -2.59. The molecule has 1 fully saturated rings. The fourth-order valence-corrected chi connectivity index (χ4v) is 3.77. The van der Waals surface area contributed by atoms with Gasteiger partial charge in [0.2, 0.25) is 17.6 Å². The molecule has 222 valence electrons. The van der Waals surface area contributed by atoms with E-state index in [1.165, 1.54) is 11.0 Å². The molecule has 0 bridgehead atoms. The zero-order valence-electron chi connectivity index (χ0n) is 23.9. The lowest BCUT2D eigenvalue weighted by Gasteiger charge is -2.36. The summed E-state index contributed by atoms with van der Waals surface area (Å²) in [6.45, 7) is 18.2. The number of hydrogen-bond acceptors (Lipinski definition) is 6. The average Bonchev–Trinajstić information content (AvgIpc) is 3.31. The topological polar surface area (TPSA) is 134 Å². The van der Waals surface area contributed by atoms with Gasteiger partial charge in [0.15, 0.2) is 0 Å². The summed E-state index contributed by atoms with van der Waals surface area (Å²) in [5.74, 6) is -2.53. The van der Waals surface area contributed by atoms with Crippen LogP contribution in [0.1, 0.15) is 67.2 Å². The van der Waals surface area contributed by atoms with Crippen LogP contribution in [0.25, 0.3) is 0 Å². The second-order valence-corrected chi connectivity index (χ2v) is 11.8. The van der Waals surface area contributed by atoms with Crippen LogP contribution in [0, 0.1) is 5.41 Å². The van der Waals surface area contributed by atoms with Crippen LogP contribution >= 0.6 is 23.2 Å². The number of carbonyl (C=O) groups excluding carboxylic acids is 5. The van der Waals surface area contributed by atoms with Crippen molar-refractivity contribution in [1.82, 2.24) is 20.9 Å². The van der Waals surface area contributed by atoms with Crippen LogP contribution in [0.2, 0.25) is 0 Å². The number of allylic oxidation sites excluding steroid dienone is 1. The van der Waals surface area contributed by atoms with Crippen LogP contribution in [0.15, 0.2) is 25.3 Å². The maximum Gasteiger partial charge on any atom is 0.408 e. The van der Waals surface area contributed by atoms with Gasteiger partial charge in [0.1, 0.15) is 17.7 Å². The van der Waals surface area contributed by atoms with E-state index in [-0.39, 0.29) is 18.3 Å². The standard InChI is InChI=1S/C26H42N4O6.CH2Cl2/c1-9-11-13-17(19(31)22(33)27-15-10-2)28-21(32)18-14-12-16-30(18)23(34)20(25(3,4)5)29-24(35)36-26(6,7)8;2-1-3/h9-10,17-18,20H,1-2,11-16H2,3-8H3,(H,27,33)(H,28,32)(H,29,35);1H2/t17?,18-,20+;/m0./s1. The minimum atomic E-state index is -1.06. The first-order valence-electron chi connectivity index (χ1n) is 12.8. The SMILES string of the molecule is C=CCCC(NC(=O)[C@@H]1CCCN1C(=O)[C@@H](NC(=O)OC(C)(C)C)C(C)(C)C)C(=O)C(=O)NCC=C.ClCCl. The van der Waals surface area contributed by atoms with Crippen molar-refractivity contribution < 1.29 is 28.7 Å². The molecule has 10 nitrogen and oxygen atoms in total. The third-order valence-electron chi connectivity index (χ3n) is 5.54. The number of ether oxygens (including phenoxy) is 1. The van der Waals surface area contributed by atoms with Gasteiger partial charge in [-0.1, -0.05) is 32.9 Å². The first-order chi connectivity index (χ1) is 18.0. The molecular weight excluding hydrogens is 547 g/mol.